The lowest BCUT2D eigenvalue weighted by Gasteiger charge is -2.21. The van der Waals surface area contributed by atoms with E-state index < -0.39 is 0 Å². The van der Waals surface area contributed by atoms with E-state index in [0.717, 1.165) is 12.2 Å². The van der Waals surface area contributed by atoms with Crippen molar-refractivity contribution in [1.82, 2.24) is 15.2 Å². The van der Waals surface area contributed by atoms with Crippen LogP contribution in [0, 0.1) is 5.92 Å². The second kappa shape index (κ2) is 4.77. The number of halogens is 1. The molecule has 1 atom stereocenters. The van der Waals surface area contributed by atoms with Crippen LogP contribution < -0.4 is 11.3 Å². The van der Waals surface area contributed by atoms with Crippen LogP contribution in [0.25, 0.3) is 0 Å². The lowest BCUT2D eigenvalue weighted by molar-refractivity contribution is 0.391. The van der Waals surface area contributed by atoms with Gasteiger partial charge in [-0.05, 0) is 12.8 Å². The molecule has 0 aliphatic rings. The second-order valence-corrected chi connectivity index (χ2v) is 3.99. The number of aryl methyl sites for hydroxylation is 1. The van der Waals surface area contributed by atoms with Gasteiger partial charge in [-0.3, -0.25) is 16.0 Å². The van der Waals surface area contributed by atoms with Gasteiger partial charge in [0.1, 0.15) is 0 Å². The largest absolute Gasteiger partial charge is 0.271 e. The fraction of sp³-hybridized carbons (Fsp3) is 0.667. The molecule has 14 heavy (non-hydrogen) atoms. The summed E-state index contributed by atoms with van der Waals surface area (Å²) >= 11 is 6.06. The maximum atomic E-state index is 6.06. The summed E-state index contributed by atoms with van der Waals surface area (Å²) in [5.74, 6) is 5.88. The number of nitrogens with two attached hydrogens (primary N) is 1. The monoisotopic (exact) mass is 216 g/mol. The van der Waals surface area contributed by atoms with Crippen molar-refractivity contribution in [3.63, 3.8) is 0 Å². The van der Waals surface area contributed by atoms with Crippen molar-refractivity contribution in [3.8, 4) is 0 Å². The molecule has 1 unspecified atom stereocenters. The van der Waals surface area contributed by atoms with Crippen molar-refractivity contribution in [2.45, 2.75) is 33.4 Å². The summed E-state index contributed by atoms with van der Waals surface area (Å²) in [6.45, 7) is 7.01. The Morgan fingerprint density at radius 3 is 2.71 bits per heavy atom. The van der Waals surface area contributed by atoms with Crippen LogP contribution in [0.2, 0.25) is 5.02 Å². The highest BCUT2D eigenvalue weighted by atomic mass is 35.5. The third kappa shape index (κ3) is 2.08. The third-order valence-corrected chi connectivity index (χ3v) is 2.56. The highest BCUT2D eigenvalue weighted by Gasteiger charge is 2.21. The van der Waals surface area contributed by atoms with Gasteiger partial charge in [0.15, 0.2) is 0 Å². The molecule has 0 amide bonds. The highest BCUT2D eigenvalue weighted by Crippen LogP contribution is 2.27. The van der Waals surface area contributed by atoms with Crippen LogP contribution in [0.5, 0.6) is 0 Å². The average molecular weight is 217 g/mol. The number of nitrogens with zero attached hydrogens (tertiary/aromatic N) is 2. The zero-order valence-electron chi connectivity index (χ0n) is 8.79. The molecule has 0 aliphatic carbocycles. The summed E-state index contributed by atoms with van der Waals surface area (Å²) in [6.07, 6.45) is 1.66. The zero-order chi connectivity index (χ0) is 10.7. The van der Waals surface area contributed by atoms with E-state index in [2.05, 4.69) is 24.4 Å². The highest BCUT2D eigenvalue weighted by molar-refractivity contribution is 6.31. The molecule has 80 valence electrons. The fourth-order valence-electron chi connectivity index (χ4n) is 1.52. The minimum absolute atomic E-state index is 0.0462. The third-order valence-electron chi connectivity index (χ3n) is 2.27. The summed E-state index contributed by atoms with van der Waals surface area (Å²) in [7, 11) is 0. The maximum Gasteiger partial charge on any atom is 0.0834 e. The molecule has 0 spiro atoms. The molecule has 0 bridgehead atoms. The molecule has 1 rings (SSSR count). The Balaban J connectivity index is 3.07. The van der Waals surface area contributed by atoms with Crippen molar-refractivity contribution in [1.29, 1.82) is 0 Å². The van der Waals surface area contributed by atoms with E-state index in [4.69, 9.17) is 17.4 Å². The van der Waals surface area contributed by atoms with E-state index in [9.17, 15) is 0 Å². The molecular weight excluding hydrogens is 200 g/mol. The molecule has 1 heterocycles. The topological polar surface area (TPSA) is 55.9 Å². The standard InChI is InChI=1S/C9H17ClN4/c1-4-14-9(7(10)5-12-14)8(13-11)6(2)3/h5-6,8,13H,4,11H2,1-3H3. The van der Waals surface area contributed by atoms with E-state index in [1.54, 1.807) is 6.20 Å². The molecule has 1 aromatic rings. The average Bonchev–Trinajstić information content (AvgIpc) is 2.49. The normalized spacial score (nSPS) is 13.6. The molecule has 4 nitrogen and oxygen atoms in total. The lowest BCUT2D eigenvalue weighted by Crippen LogP contribution is -2.33. The second-order valence-electron chi connectivity index (χ2n) is 3.58. The van der Waals surface area contributed by atoms with Crippen molar-refractivity contribution < 1.29 is 0 Å². The molecular formula is C9H17ClN4. The van der Waals surface area contributed by atoms with Crippen LogP contribution in [0.1, 0.15) is 32.5 Å². The van der Waals surface area contributed by atoms with Gasteiger partial charge >= 0.3 is 0 Å². The van der Waals surface area contributed by atoms with Gasteiger partial charge in [-0.2, -0.15) is 5.10 Å². The van der Waals surface area contributed by atoms with Crippen LogP contribution in [0.15, 0.2) is 6.20 Å². The first-order valence-corrected chi connectivity index (χ1v) is 5.16. The van der Waals surface area contributed by atoms with Gasteiger partial charge in [0, 0.05) is 6.54 Å². The number of nitrogens with one attached hydrogen (secondary N) is 1. The Bertz CT molecular complexity index is 295. The molecule has 0 radical (unpaired) electrons. The molecule has 0 aliphatic heterocycles. The molecule has 1 aromatic heterocycles. The summed E-state index contributed by atoms with van der Waals surface area (Å²) in [5, 5.41) is 4.84. The van der Waals surface area contributed by atoms with Gasteiger partial charge in [-0.25, -0.2) is 0 Å². The predicted octanol–water partition coefficient (Wildman–Crippen LogP) is 1.72. The first-order chi connectivity index (χ1) is 6.61. The van der Waals surface area contributed by atoms with E-state index in [-0.39, 0.29) is 6.04 Å². The summed E-state index contributed by atoms with van der Waals surface area (Å²) in [6, 6.07) is 0.0462. The van der Waals surface area contributed by atoms with Gasteiger partial charge in [-0.1, -0.05) is 25.4 Å². The van der Waals surface area contributed by atoms with Crippen LogP contribution in [-0.4, -0.2) is 9.78 Å². The molecule has 5 heteroatoms. The van der Waals surface area contributed by atoms with E-state index in [0.29, 0.717) is 10.9 Å². The molecule has 0 saturated carbocycles. The van der Waals surface area contributed by atoms with Gasteiger partial charge in [0.2, 0.25) is 0 Å². The number of aromatic nitrogens is 2. The first-order valence-electron chi connectivity index (χ1n) is 4.79. The minimum atomic E-state index is 0.0462. The minimum Gasteiger partial charge on any atom is -0.271 e. The summed E-state index contributed by atoms with van der Waals surface area (Å²) in [5.41, 5.74) is 3.74. The molecule has 0 aromatic carbocycles. The van der Waals surface area contributed by atoms with Gasteiger partial charge in [0.25, 0.3) is 0 Å². The van der Waals surface area contributed by atoms with E-state index >= 15 is 0 Å². The van der Waals surface area contributed by atoms with Crippen LogP contribution in [0.3, 0.4) is 0 Å². The fourth-order valence-corrected chi connectivity index (χ4v) is 1.78. The Hall–Kier alpha value is -0.580. The van der Waals surface area contributed by atoms with Gasteiger partial charge in [-0.15, -0.1) is 0 Å². The molecule has 0 saturated heterocycles. The predicted molar refractivity (Wildman–Crippen MR) is 57.8 cm³/mol. The van der Waals surface area contributed by atoms with Gasteiger partial charge in [0.05, 0.1) is 23.0 Å². The lowest BCUT2D eigenvalue weighted by atomic mass is 10.0. The molecule has 0 fully saturated rings. The SMILES string of the molecule is CCn1ncc(Cl)c1C(NN)C(C)C. The van der Waals surface area contributed by atoms with Crippen LogP contribution in [0.4, 0.5) is 0 Å². The Labute approximate surface area is 89.4 Å². The van der Waals surface area contributed by atoms with Crippen LogP contribution in [-0.2, 0) is 6.54 Å². The van der Waals surface area contributed by atoms with E-state index in [1.807, 2.05) is 11.6 Å². The molecule has 3 N–H and O–H groups in total. The van der Waals surface area contributed by atoms with E-state index in [1.165, 1.54) is 0 Å². The Morgan fingerprint density at radius 2 is 2.29 bits per heavy atom. The van der Waals surface area contributed by atoms with Gasteiger partial charge < -0.3 is 0 Å². The number of rotatable bonds is 4. The van der Waals surface area contributed by atoms with Crippen molar-refractivity contribution in [2.24, 2.45) is 11.8 Å². The van der Waals surface area contributed by atoms with Crippen molar-refractivity contribution in [3.05, 3.63) is 16.9 Å². The van der Waals surface area contributed by atoms with Crippen molar-refractivity contribution >= 4 is 11.6 Å². The van der Waals surface area contributed by atoms with Crippen LogP contribution >= 0.6 is 11.6 Å². The number of hydrogen-bond acceptors (Lipinski definition) is 3. The quantitative estimate of drug-likeness (QED) is 0.595. The smallest absolute Gasteiger partial charge is 0.0834 e. The first kappa shape index (κ1) is 11.5. The number of hydrogen-bond donors (Lipinski definition) is 2. The number of hydrazine groups is 1. The Morgan fingerprint density at radius 1 is 1.64 bits per heavy atom. The summed E-state index contributed by atoms with van der Waals surface area (Å²) in [4.78, 5) is 0. The van der Waals surface area contributed by atoms with Crippen molar-refractivity contribution in [2.75, 3.05) is 0 Å². The summed E-state index contributed by atoms with van der Waals surface area (Å²) < 4.78 is 1.87. The maximum absolute atomic E-state index is 6.06. The zero-order valence-corrected chi connectivity index (χ0v) is 9.54. The Kier molecular flexibility index (Phi) is 3.92.